The van der Waals surface area contributed by atoms with Gasteiger partial charge in [0.15, 0.2) is 0 Å². The lowest BCUT2D eigenvalue weighted by molar-refractivity contribution is -0.131. The fourth-order valence-electron chi connectivity index (χ4n) is 1.83. The zero-order valence-corrected chi connectivity index (χ0v) is 10.6. The van der Waals surface area contributed by atoms with Crippen molar-refractivity contribution in [3.63, 3.8) is 0 Å². The maximum Gasteiger partial charge on any atom is 0.249 e. The van der Waals surface area contributed by atoms with Crippen LogP contribution in [0.5, 0.6) is 0 Å². The third-order valence-corrected chi connectivity index (χ3v) is 3.66. The summed E-state index contributed by atoms with van der Waals surface area (Å²) in [6.45, 7) is 2.56. The van der Waals surface area contributed by atoms with Gasteiger partial charge in [-0.3, -0.25) is 4.79 Å². The Labute approximate surface area is 105 Å². The molecular formula is C12H17NO3S. The van der Waals surface area contributed by atoms with Crippen LogP contribution in [-0.2, 0) is 15.1 Å². The maximum absolute atomic E-state index is 11.7. The van der Waals surface area contributed by atoms with E-state index in [2.05, 4.69) is 5.32 Å². The van der Waals surface area contributed by atoms with Crippen molar-refractivity contribution in [2.75, 3.05) is 13.2 Å². The molecule has 1 aliphatic heterocycles. The summed E-state index contributed by atoms with van der Waals surface area (Å²) in [5.74, 6) is -0.127. The second-order valence-corrected chi connectivity index (χ2v) is 5.29. The van der Waals surface area contributed by atoms with Gasteiger partial charge in [0, 0.05) is 6.61 Å². The van der Waals surface area contributed by atoms with Crippen molar-refractivity contribution < 1.29 is 14.6 Å². The van der Waals surface area contributed by atoms with Gasteiger partial charge < -0.3 is 15.2 Å². The summed E-state index contributed by atoms with van der Waals surface area (Å²) in [6, 6.07) is 1.86. The van der Waals surface area contributed by atoms with Gasteiger partial charge in [0.2, 0.25) is 5.91 Å². The lowest BCUT2D eigenvalue weighted by atomic mass is 9.99. The van der Waals surface area contributed by atoms with Gasteiger partial charge in [0.1, 0.15) is 11.7 Å². The van der Waals surface area contributed by atoms with E-state index < -0.39 is 5.60 Å². The van der Waals surface area contributed by atoms with Crippen molar-refractivity contribution in [3.8, 4) is 0 Å². The summed E-state index contributed by atoms with van der Waals surface area (Å²) in [4.78, 5) is 11.7. The molecule has 4 nitrogen and oxygen atoms in total. The molecule has 1 aliphatic rings. The summed E-state index contributed by atoms with van der Waals surface area (Å²) in [5, 5.41) is 16.8. The number of carbonyl (C=O) groups excluding carboxylic acids is 1. The summed E-state index contributed by atoms with van der Waals surface area (Å²) in [7, 11) is 0. The van der Waals surface area contributed by atoms with Crippen molar-refractivity contribution in [1.82, 2.24) is 5.32 Å². The highest BCUT2D eigenvalue weighted by Crippen LogP contribution is 2.22. The van der Waals surface area contributed by atoms with Crippen LogP contribution in [0.2, 0.25) is 0 Å². The predicted molar refractivity (Wildman–Crippen MR) is 65.9 cm³/mol. The van der Waals surface area contributed by atoms with E-state index in [1.807, 2.05) is 16.8 Å². The first kappa shape index (κ1) is 12.5. The minimum atomic E-state index is -1.02. The summed E-state index contributed by atoms with van der Waals surface area (Å²) in [6.07, 6.45) is 1.36. The molecule has 0 bridgehead atoms. The number of amides is 1. The van der Waals surface area contributed by atoms with Crippen LogP contribution in [-0.4, -0.2) is 30.3 Å². The standard InChI is InChI=1S/C12H17NO3S/c1-12(15,9-4-6-17-7-9)8-13-11(14)10-3-2-5-16-10/h4,6-7,10,15H,2-3,5,8H2,1H3,(H,13,14). The van der Waals surface area contributed by atoms with Gasteiger partial charge in [0.25, 0.3) is 0 Å². The highest BCUT2D eigenvalue weighted by molar-refractivity contribution is 7.08. The van der Waals surface area contributed by atoms with E-state index in [-0.39, 0.29) is 18.6 Å². The SMILES string of the molecule is CC(O)(CNC(=O)C1CCCO1)c1ccsc1. The van der Waals surface area contributed by atoms with E-state index in [0.29, 0.717) is 6.61 Å². The predicted octanol–water partition coefficient (Wildman–Crippen LogP) is 1.25. The molecule has 94 valence electrons. The molecule has 2 heterocycles. The molecule has 1 aromatic rings. The normalized spacial score (nSPS) is 23.3. The van der Waals surface area contributed by atoms with Crippen molar-refractivity contribution in [2.45, 2.75) is 31.5 Å². The van der Waals surface area contributed by atoms with Gasteiger partial charge in [0.05, 0.1) is 6.54 Å². The Hall–Kier alpha value is -0.910. The Balaban J connectivity index is 1.87. The first-order valence-corrected chi connectivity index (χ1v) is 6.68. The number of ether oxygens (including phenoxy) is 1. The third kappa shape index (κ3) is 3.06. The van der Waals surface area contributed by atoms with Gasteiger partial charge in [-0.05, 0) is 42.2 Å². The van der Waals surface area contributed by atoms with Crippen molar-refractivity contribution >= 4 is 17.2 Å². The van der Waals surface area contributed by atoms with Crippen molar-refractivity contribution in [3.05, 3.63) is 22.4 Å². The molecule has 17 heavy (non-hydrogen) atoms. The van der Waals surface area contributed by atoms with Gasteiger partial charge in [-0.1, -0.05) is 0 Å². The largest absolute Gasteiger partial charge is 0.384 e. The van der Waals surface area contributed by atoms with E-state index in [0.717, 1.165) is 18.4 Å². The van der Waals surface area contributed by atoms with Crippen LogP contribution < -0.4 is 5.32 Å². The molecule has 0 aromatic carbocycles. The number of carbonyl (C=O) groups is 1. The summed E-state index contributed by atoms with van der Waals surface area (Å²) in [5.41, 5.74) is -0.191. The molecular weight excluding hydrogens is 238 g/mol. The van der Waals surface area contributed by atoms with Gasteiger partial charge in [-0.25, -0.2) is 0 Å². The van der Waals surface area contributed by atoms with E-state index >= 15 is 0 Å². The lowest BCUT2D eigenvalue weighted by Crippen LogP contribution is -2.42. The maximum atomic E-state index is 11.7. The van der Waals surface area contributed by atoms with Gasteiger partial charge >= 0.3 is 0 Å². The Morgan fingerprint density at radius 3 is 3.18 bits per heavy atom. The molecule has 0 spiro atoms. The summed E-state index contributed by atoms with van der Waals surface area (Å²) >= 11 is 1.53. The van der Waals surface area contributed by atoms with Crippen LogP contribution in [0.25, 0.3) is 0 Å². The smallest absolute Gasteiger partial charge is 0.249 e. The Kier molecular flexibility index (Phi) is 3.81. The first-order valence-electron chi connectivity index (χ1n) is 5.74. The van der Waals surface area contributed by atoms with Crippen molar-refractivity contribution in [2.24, 2.45) is 0 Å². The Bertz CT molecular complexity index is 369. The molecule has 0 aliphatic carbocycles. The second-order valence-electron chi connectivity index (χ2n) is 4.51. The molecule has 1 saturated heterocycles. The van der Waals surface area contributed by atoms with Crippen LogP contribution in [0.1, 0.15) is 25.3 Å². The Morgan fingerprint density at radius 2 is 2.59 bits per heavy atom. The van der Waals surface area contributed by atoms with E-state index in [1.165, 1.54) is 11.3 Å². The quantitative estimate of drug-likeness (QED) is 0.851. The van der Waals surface area contributed by atoms with Crippen LogP contribution in [0.4, 0.5) is 0 Å². The molecule has 2 rings (SSSR count). The molecule has 2 unspecified atom stereocenters. The zero-order chi connectivity index (χ0) is 12.3. The van der Waals surface area contributed by atoms with Crippen LogP contribution in [0, 0.1) is 0 Å². The number of hydrogen-bond donors (Lipinski definition) is 2. The van der Waals surface area contributed by atoms with Gasteiger partial charge in [-0.2, -0.15) is 11.3 Å². The lowest BCUT2D eigenvalue weighted by Gasteiger charge is -2.23. The molecule has 5 heteroatoms. The first-order chi connectivity index (χ1) is 8.09. The number of hydrogen-bond acceptors (Lipinski definition) is 4. The molecule has 1 amide bonds. The average molecular weight is 255 g/mol. The number of thiophene rings is 1. The molecule has 0 saturated carbocycles. The third-order valence-electron chi connectivity index (χ3n) is 2.97. The number of rotatable bonds is 4. The number of nitrogens with one attached hydrogen (secondary N) is 1. The number of aliphatic hydroxyl groups is 1. The Morgan fingerprint density at radius 1 is 1.76 bits per heavy atom. The minimum Gasteiger partial charge on any atom is -0.384 e. The zero-order valence-electron chi connectivity index (χ0n) is 9.81. The average Bonchev–Trinajstić information content (AvgIpc) is 2.97. The molecule has 2 N–H and O–H groups in total. The topological polar surface area (TPSA) is 58.6 Å². The van der Waals surface area contributed by atoms with E-state index in [1.54, 1.807) is 6.92 Å². The monoisotopic (exact) mass is 255 g/mol. The van der Waals surface area contributed by atoms with E-state index in [9.17, 15) is 9.90 Å². The minimum absolute atomic E-state index is 0.127. The fourth-order valence-corrected chi connectivity index (χ4v) is 2.61. The highest BCUT2D eigenvalue weighted by atomic mass is 32.1. The van der Waals surface area contributed by atoms with Crippen LogP contribution in [0.15, 0.2) is 16.8 Å². The van der Waals surface area contributed by atoms with Crippen LogP contribution >= 0.6 is 11.3 Å². The van der Waals surface area contributed by atoms with Gasteiger partial charge in [-0.15, -0.1) is 0 Å². The highest BCUT2D eigenvalue weighted by Gasteiger charge is 2.28. The second kappa shape index (κ2) is 5.16. The van der Waals surface area contributed by atoms with Crippen molar-refractivity contribution in [1.29, 1.82) is 0 Å². The van der Waals surface area contributed by atoms with E-state index in [4.69, 9.17) is 4.74 Å². The summed E-state index contributed by atoms with van der Waals surface area (Å²) < 4.78 is 5.28. The molecule has 2 atom stereocenters. The molecule has 0 radical (unpaired) electrons. The molecule has 1 aromatic heterocycles. The fraction of sp³-hybridized carbons (Fsp3) is 0.583. The molecule has 1 fully saturated rings. The van der Waals surface area contributed by atoms with Crippen LogP contribution in [0.3, 0.4) is 0 Å².